The van der Waals surface area contributed by atoms with Crippen LogP contribution in [0.3, 0.4) is 0 Å². The highest BCUT2D eigenvalue weighted by atomic mass is 32.1. The highest BCUT2D eigenvalue weighted by Gasteiger charge is 2.16. The van der Waals surface area contributed by atoms with Gasteiger partial charge in [0.05, 0.1) is 11.0 Å². The molecule has 0 N–H and O–H groups in total. The third-order valence-corrected chi connectivity index (χ3v) is 9.93. The normalized spacial score (nSPS) is 11.6. The molecule has 9 aromatic rings. The highest BCUT2D eigenvalue weighted by Crippen LogP contribution is 2.40. The van der Waals surface area contributed by atoms with E-state index in [4.69, 9.17) is 0 Å². The van der Waals surface area contributed by atoms with E-state index in [1.165, 1.54) is 53.1 Å². The molecule has 0 spiro atoms. The number of fused-ring (bicyclic) bond motifs is 6. The largest absolute Gasteiger partial charge is 0.310 e. The average molecular weight is 593 g/mol. The molecule has 2 nitrogen and oxygen atoms in total. The maximum atomic E-state index is 2.38. The van der Waals surface area contributed by atoms with E-state index in [1.54, 1.807) is 0 Å². The van der Waals surface area contributed by atoms with Crippen LogP contribution >= 0.6 is 11.3 Å². The van der Waals surface area contributed by atoms with Crippen LogP contribution in [0.25, 0.3) is 58.8 Å². The molecule has 7 aromatic carbocycles. The summed E-state index contributed by atoms with van der Waals surface area (Å²) in [7, 11) is 0. The zero-order valence-corrected chi connectivity index (χ0v) is 25.3. The van der Waals surface area contributed by atoms with Gasteiger partial charge in [0.1, 0.15) is 0 Å². The van der Waals surface area contributed by atoms with Gasteiger partial charge >= 0.3 is 0 Å². The lowest BCUT2D eigenvalue weighted by molar-refractivity contribution is 1.17. The van der Waals surface area contributed by atoms with Crippen LogP contribution in [0.2, 0.25) is 0 Å². The number of hydrogen-bond donors (Lipinski definition) is 0. The molecule has 2 aromatic heterocycles. The molecule has 3 heteroatoms. The highest BCUT2D eigenvalue weighted by molar-refractivity contribution is 7.25. The average Bonchev–Trinajstić information content (AvgIpc) is 3.65. The summed E-state index contributed by atoms with van der Waals surface area (Å²) in [6, 6.07) is 61.4. The van der Waals surface area contributed by atoms with Crippen molar-refractivity contribution in [3.63, 3.8) is 0 Å². The Kier molecular flexibility index (Phi) is 6.03. The van der Waals surface area contributed by atoms with Crippen molar-refractivity contribution < 1.29 is 0 Å². The Labute approximate surface area is 265 Å². The molecule has 0 unspecified atom stereocenters. The molecule has 0 aliphatic carbocycles. The van der Waals surface area contributed by atoms with E-state index in [9.17, 15) is 0 Å². The number of aromatic nitrogens is 1. The van der Waals surface area contributed by atoms with E-state index in [-0.39, 0.29) is 0 Å². The summed E-state index contributed by atoms with van der Waals surface area (Å²) in [5, 5.41) is 5.18. The quantitative estimate of drug-likeness (QED) is 0.193. The predicted molar refractivity (Wildman–Crippen MR) is 194 cm³/mol. The van der Waals surface area contributed by atoms with Crippen molar-refractivity contribution in [2.75, 3.05) is 4.90 Å². The third-order valence-electron chi connectivity index (χ3n) is 8.78. The molecule has 0 bridgehead atoms. The van der Waals surface area contributed by atoms with Gasteiger partial charge in [0.15, 0.2) is 0 Å². The van der Waals surface area contributed by atoms with Crippen molar-refractivity contribution in [2.24, 2.45) is 0 Å². The van der Waals surface area contributed by atoms with Crippen molar-refractivity contribution >= 4 is 70.4 Å². The van der Waals surface area contributed by atoms with Crippen LogP contribution in [0.1, 0.15) is 0 Å². The van der Waals surface area contributed by atoms with Crippen LogP contribution in [-0.4, -0.2) is 4.57 Å². The minimum absolute atomic E-state index is 1.11. The first-order valence-electron chi connectivity index (χ1n) is 15.3. The first-order chi connectivity index (χ1) is 22.3. The first kappa shape index (κ1) is 25.8. The molecule has 9 rings (SSSR count). The number of rotatable bonds is 5. The van der Waals surface area contributed by atoms with Crippen LogP contribution in [0.5, 0.6) is 0 Å². The van der Waals surface area contributed by atoms with Gasteiger partial charge in [-0.3, -0.25) is 0 Å². The van der Waals surface area contributed by atoms with E-state index < -0.39 is 0 Å². The summed E-state index contributed by atoms with van der Waals surface area (Å²) in [4.78, 5) is 2.34. The Morgan fingerprint density at radius 2 is 0.956 bits per heavy atom. The van der Waals surface area contributed by atoms with Crippen LogP contribution in [0.4, 0.5) is 17.1 Å². The topological polar surface area (TPSA) is 8.17 Å². The number of hydrogen-bond acceptors (Lipinski definition) is 2. The fourth-order valence-corrected chi connectivity index (χ4v) is 7.79. The maximum absolute atomic E-state index is 2.38. The lowest BCUT2D eigenvalue weighted by Gasteiger charge is -2.26. The molecule has 45 heavy (non-hydrogen) atoms. The Bertz CT molecular complexity index is 2430. The summed E-state index contributed by atoms with van der Waals surface area (Å²) >= 11 is 1.86. The molecule has 0 atom stereocenters. The fourth-order valence-electron chi connectivity index (χ4n) is 6.70. The van der Waals surface area contributed by atoms with Crippen LogP contribution in [-0.2, 0) is 0 Å². The zero-order valence-electron chi connectivity index (χ0n) is 24.5. The molecule has 0 saturated carbocycles. The third kappa shape index (κ3) is 4.32. The van der Waals surface area contributed by atoms with E-state index in [0.29, 0.717) is 0 Å². The summed E-state index contributed by atoms with van der Waals surface area (Å²) < 4.78 is 5.04. The van der Waals surface area contributed by atoms with Gasteiger partial charge in [-0.25, -0.2) is 0 Å². The Morgan fingerprint density at radius 1 is 0.378 bits per heavy atom. The van der Waals surface area contributed by atoms with E-state index >= 15 is 0 Å². The molecule has 212 valence electrons. The number of para-hydroxylation sites is 3. The molecule has 0 fully saturated rings. The molecule has 0 radical (unpaired) electrons. The zero-order chi connectivity index (χ0) is 29.7. The van der Waals surface area contributed by atoms with Gasteiger partial charge in [-0.05, 0) is 83.9 Å². The van der Waals surface area contributed by atoms with Crippen LogP contribution in [0.15, 0.2) is 170 Å². The van der Waals surface area contributed by atoms with Gasteiger partial charge in [0.25, 0.3) is 0 Å². The minimum Gasteiger partial charge on any atom is -0.310 e. The van der Waals surface area contributed by atoms with Crippen LogP contribution < -0.4 is 4.90 Å². The monoisotopic (exact) mass is 592 g/mol. The lowest BCUT2D eigenvalue weighted by Crippen LogP contribution is -2.10. The van der Waals surface area contributed by atoms with Crippen molar-refractivity contribution in [1.29, 1.82) is 0 Å². The number of anilines is 3. The van der Waals surface area contributed by atoms with Crippen molar-refractivity contribution in [2.45, 2.75) is 0 Å². The number of nitrogens with zero attached hydrogens (tertiary/aromatic N) is 2. The van der Waals surface area contributed by atoms with E-state index in [0.717, 1.165) is 22.7 Å². The maximum Gasteiger partial charge on any atom is 0.0541 e. The molecule has 0 aliphatic rings. The SMILES string of the molecule is c1ccc(N(c2ccc(-c3ccc4sc5ccccc5c4c3)cc2)c2cccc(-n3c4ccccc4c4ccccc43)c2)cc1. The van der Waals surface area contributed by atoms with Gasteiger partial charge in [-0.15, -0.1) is 11.3 Å². The van der Waals surface area contributed by atoms with E-state index in [1.807, 2.05) is 11.3 Å². The fraction of sp³-hybridized carbons (Fsp3) is 0. The molecule has 0 saturated heterocycles. The van der Waals surface area contributed by atoms with Crippen molar-refractivity contribution in [1.82, 2.24) is 4.57 Å². The minimum atomic E-state index is 1.11. The molecule has 2 heterocycles. The predicted octanol–water partition coefficient (Wildman–Crippen LogP) is 12.3. The smallest absolute Gasteiger partial charge is 0.0541 e. The molecule has 0 amide bonds. The van der Waals surface area contributed by atoms with Crippen LogP contribution in [0, 0.1) is 0 Å². The Balaban J connectivity index is 1.15. The first-order valence-corrected chi connectivity index (χ1v) is 16.1. The second-order valence-electron chi connectivity index (χ2n) is 11.4. The number of thiophene rings is 1. The summed E-state index contributed by atoms with van der Waals surface area (Å²) in [6.45, 7) is 0. The van der Waals surface area contributed by atoms with Crippen molar-refractivity contribution in [3.8, 4) is 16.8 Å². The molecular formula is C42H28N2S. The second-order valence-corrected chi connectivity index (χ2v) is 12.5. The standard InChI is InChI=1S/C42H28N2S/c1-2-11-31(12-3-1)43(32-24-21-29(22-25-32)30-23-26-42-38(27-30)37-17-6-9-20-41(37)45-42)33-13-10-14-34(28-33)44-39-18-7-4-15-35(39)36-16-5-8-19-40(36)44/h1-28H. The Morgan fingerprint density at radius 3 is 1.71 bits per heavy atom. The van der Waals surface area contributed by atoms with Gasteiger partial charge in [-0.1, -0.05) is 97.1 Å². The Hall–Kier alpha value is -5.64. The summed E-state index contributed by atoms with van der Waals surface area (Å²) in [5.41, 5.74) is 9.35. The van der Waals surface area contributed by atoms with Gasteiger partial charge in [0, 0.05) is 53.7 Å². The van der Waals surface area contributed by atoms with Gasteiger partial charge in [-0.2, -0.15) is 0 Å². The summed E-state index contributed by atoms with van der Waals surface area (Å²) in [6.07, 6.45) is 0. The summed E-state index contributed by atoms with van der Waals surface area (Å²) in [5.74, 6) is 0. The lowest BCUT2D eigenvalue weighted by atomic mass is 10.0. The van der Waals surface area contributed by atoms with Crippen molar-refractivity contribution in [3.05, 3.63) is 170 Å². The van der Waals surface area contributed by atoms with Gasteiger partial charge in [0.2, 0.25) is 0 Å². The van der Waals surface area contributed by atoms with Gasteiger partial charge < -0.3 is 9.47 Å². The number of benzene rings is 7. The molecule has 0 aliphatic heterocycles. The van der Waals surface area contributed by atoms with E-state index in [2.05, 4.69) is 179 Å². The molecular weight excluding hydrogens is 565 g/mol. The second kappa shape index (κ2) is 10.5.